The maximum atomic E-state index is 5.80. The molecule has 1 aliphatic rings. The van der Waals surface area contributed by atoms with Crippen LogP contribution >= 0.6 is 0 Å². The molecule has 1 fully saturated rings. The average molecular weight is 175 g/mol. The van der Waals surface area contributed by atoms with Crippen LogP contribution in [0.15, 0.2) is 24.3 Å². The van der Waals surface area contributed by atoms with Gasteiger partial charge in [0.15, 0.2) is 0 Å². The van der Waals surface area contributed by atoms with Gasteiger partial charge in [-0.15, -0.1) is 0 Å². The predicted octanol–water partition coefficient (Wildman–Crippen LogP) is 2.45. The largest absolute Gasteiger partial charge is 0.327 e. The molecule has 2 atom stereocenters. The second-order valence-electron chi connectivity index (χ2n) is 4.00. The first-order valence-corrected chi connectivity index (χ1v) is 5.15. The fraction of sp³-hybridized carbons (Fsp3) is 0.500. The van der Waals surface area contributed by atoms with Crippen molar-refractivity contribution in [3.05, 3.63) is 35.4 Å². The Morgan fingerprint density at radius 2 is 1.92 bits per heavy atom. The number of aryl methyl sites for hydroxylation is 1. The zero-order chi connectivity index (χ0) is 9.26. The molecule has 0 heterocycles. The molecule has 13 heavy (non-hydrogen) atoms. The molecule has 0 amide bonds. The predicted molar refractivity (Wildman–Crippen MR) is 55.8 cm³/mol. The van der Waals surface area contributed by atoms with Gasteiger partial charge in [0.05, 0.1) is 0 Å². The Morgan fingerprint density at radius 3 is 2.38 bits per heavy atom. The number of hydrogen-bond donors (Lipinski definition) is 1. The topological polar surface area (TPSA) is 26.0 Å². The van der Waals surface area contributed by atoms with E-state index in [0.717, 1.165) is 0 Å². The average Bonchev–Trinajstić information content (AvgIpc) is 2.85. The van der Waals surface area contributed by atoms with Gasteiger partial charge in [-0.3, -0.25) is 0 Å². The fourth-order valence-electron chi connectivity index (χ4n) is 1.82. The lowest BCUT2D eigenvalue weighted by atomic mass is 10.1. The van der Waals surface area contributed by atoms with Gasteiger partial charge in [0.2, 0.25) is 0 Å². The highest BCUT2D eigenvalue weighted by Crippen LogP contribution is 2.38. The van der Waals surface area contributed by atoms with E-state index < -0.39 is 0 Å². The molecule has 1 nitrogen and oxygen atoms in total. The summed E-state index contributed by atoms with van der Waals surface area (Å²) in [6, 6.07) is 9.38. The van der Waals surface area contributed by atoms with Crippen LogP contribution < -0.4 is 5.73 Å². The van der Waals surface area contributed by atoms with Crippen LogP contribution in [-0.4, -0.2) is 6.04 Å². The molecule has 1 aromatic rings. The summed E-state index contributed by atoms with van der Waals surface area (Å²) >= 11 is 0. The Hall–Kier alpha value is -0.820. The van der Waals surface area contributed by atoms with Crippen LogP contribution in [-0.2, 0) is 6.42 Å². The molecular weight excluding hydrogens is 158 g/mol. The quantitative estimate of drug-likeness (QED) is 0.750. The summed E-state index contributed by atoms with van der Waals surface area (Å²) in [6.45, 7) is 2.21. The van der Waals surface area contributed by atoms with Crippen molar-refractivity contribution in [2.45, 2.75) is 38.1 Å². The summed E-state index contributed by atoms with van der Waals surface area (Å²) in [5.74, 6) is 0.649. The molecule has 0 bridgehead atoms. The van der Waals surface area contributed by atoms with Crippen molar-refractivity contribution in [3.8, 4) is 0 Å². The van der Waals surface area contributed by atoms with E-state index in [1.54, 1.807) is 0 Å². The van der Waals surface area contributed by atoms with E-state index in [0.29, 0.717) is 12.0 Å². The van der Waals surface area contributed by atoms with Crippen LogP contribution in [0.2, 0.25) is 0 Å². The molecule has 2 rings (SSSR count). The van der Waals surface area contributed by atoms with Gasteiger partial charge in [0, 0.05) is 12.0 Å². The first-order chi connectivity index (χ1) is 6.31. The first kappa shape index (κ1) is 8.76. The minimum absolute atomic E-state index is 0.428. The van der Waals surface area contributed by atoms with Gasteiger partial charge in [0.25, 0.3) is 0 Å². The lowest BCUT2D eigenvalue weighted by Crippen LogP contribution is -2.00. The third-order valence-electron chi connectivity index (χ3n) is 2.79. The Bertz CT molecular complexity index is 276. The van der Waals surface area contributed by atoms with Gasteiger partial charge in [-0.1, -0.05) is 37.6 Å². The van der Waals surface area contributed by atoms with Gasteiger partial charge >= 0.3 is 0 Å². The van der Waals surface area contributed by atoms with Gasteiger partial charge in [-0.25, -0.2) is 0 Å². The summed E-state index contributed by atoms with van der Waals surface area (Å²) in [5.41, 5.74) is 8.66. The molecule has 1 saturated carbocycles. The maximum absolute atomic E-state index is 5.80. The van der Waals surface area contributed by atoms with Crippen molar-refractivity contribution in [3.63, 3.8) is 0 Å². The molecule has 2 N–H and O–H groups in total. The van der Waals surface area contributed by atoms with Crippen LogP contribution in [0.1, 0.15) is 36.8 Å². The highest BCUT2D eigenvalue weighted by Gasteiger charge is 2.34. The minimum atomic E-state index is 0.428. The molecule has 2 unspecified atom stereocenters. The third-order valence-corrected chi connectivity index (χ3v) is 2.79. The molecule has 1 heteroatoms. The van der Waals surface area contributed by atoms with E-state index in [4.69, 9.17) is 5.73 Å². The van der Waals surface area contributed by atoms with Crippen LogP contribution in [0.5, 0.6) is 0 Å². The molecule has 1 aliphatic carbocycles. The molecule has 0 spiro atoms. The zero-order valence-corrected chi connectivity index (χ0v) is 8.16. The summed E-state index contributed by atoms with van der Waals surface area (Å²) in [6.07, 6.45) is 3.59. The van der Waals surface area contributed by atoms with Crippen LogP contribution in [0.3, 0.4) is 0 Å². The zero-order valence-electron chi connectivity index (χ0n) is 8.16. The molecule has 0 aromatic heterocycles. The molecule has 0 aliphatic heterocycles. The molecule has 0 radical (unpaired) electrons. The normalized spacial score (nSPS) is 26.0. The van der Waals surface area contributed by atoms with Crippen molar-refractivity contribution in [2.24, 2.45) is 5.73 Å². The summed E-state index contributed by atoms with van der Waals surface area (Å²) in [5, 5.41) is 0. The highest BCUT2D eigenvalue weighted by atomic mass is 14.7. The van der Waals surface area contributed by atoms with Gasteiger partial charge in [-0.05, 0) is 24.0 Å². The lowest BCUT2D eigenvalue weighted by molar-refractivity contribution is 0.917. The van der Waals surface area contributed by atoms with E-state index in [1.165, 1.54) is 30.4 Å². The number of rotatable bonds is 3. The van der Waals surface area contributed by atoms with Crippen LogP contribution in [0.25, 0.3) is 0 Å². The smallest absolute Gasteiger partial charge is 0.0115 e. The van der Waals surface area contributed by atoms with Gasteiger partial charge in [0.1, 0.15) is 0 Å². The maximum Gasteiger partial charge on any atom is 0.0115 e. The number of benzene rings is 1. The highest BCUT2D eigenvalue weighted by molar-refractivity contribution is 5.30. The summed E-state index contributed by atoms with van der Waals surface area (Å²) in [7, 11) is 0. The summed E-state index contributed by atoms with van der Waals surface area (Å²) in [4.78, 5) is 0. The molecule has 0 saturated heterocycles. The van der Waals surface area contributed by atoms with Gasteiger partial charge in [-0.2, -0.15) is 0 Å². The van der Waals surface area contributed by atoms with E-state index in [1.807, 2.05) is 0 Å². The first-order valence-electron chi connectivity index (χ1n) is 5.15. The fourth-order valence-corrected chi connectivity index (χ4v) is 1.82. The standard InChI is InChI=1S/C12H17N/c1-2-3-9-4-6-10(7-5-9)11-8-12(11)13/h4-7,11-12H,2-3,8,13H2,1H3. The van der Waals surface area contributed by atoms with Crippen LogP contribution in [0, 0.1) is 0 Å². The Morgan fingerprint density at radius 1 is 1.31 bits per heavy atom. The van der Waals surface area contributed by atoms with E-state index in [-0.39, 0.29) is 0 Å². The minimum Gasteiger partial charge on any atom is -0.327 e. The number of hydrogen-bond acceptors (Lipinski definition) is 1. The van der Waals surface area contributed by atoms with Crippen molar-refractivity contribution >= 4 is 0 Å². The van der Waals surface area contributed by atoms with Crippen molar-refractivity contribution in [2.75, 3.05) is 0 Å². The second kappa shape index (κ2) is 3.51. The van der Waals surface area contributed by atoms with Gasteiger partial charge < -0.3 is 5.73 Å². The monoisotopic (exact) mass is 175 g/mol. The third kappa shape index (κ3) is 1.92. The lowest BCUT2D eigenvalue weighted by Gasteiger charge is -2.01. The number of nitrogens with two attached hydrogens (primary N) is 1. The molecule has 1 aromatic carbocycles. The van der Waals surface area contributed by atoms with E-state index in [2.05, 4.69) is 31.2 Å². The van der Waals surface area contributed by atoms with Crippen LogP contribution in [0.4, 0.5) is 0 Å². The Balaban J connectivity index is 2.06. The molecule has 70 valence electrons. The summed E-state index contributed by atoms with van der Waals surface area (Å²) < 4.78 is 0. The van der Waals surface area contributed by atoms with Crippen molar-refractivity contribution in [1.29, 1.82) is 0 Å². The SMILES string of the molecule is CCCc1ccc(C2CC2N)cc1. The van der Waals surface area contributed by atoms with E-state index in [9.17, 15) is 0 Å². The van der Waals surface area contributed by atoms with Crippen molar-refractivity contribution < 1.29 is 0 Å². The second-order valence-corrected chi connectivity index (χ2v) is 4.00. The Labute approximate surface area is 80.0 Å². The van der Waals surface area contributed by atoms with E-state index >= 15 is 0 Å². The molecular formula is C12H17N. The van der Waals surface area contributed by atoms with Crippen molar-refractivity contribution in [1.82, 2.24) is 0 Å². The Kier molecular flexibility index (Phi) is 2.36.